The lowest BCUT2D eigenvalue weighted by Crippen LogP contribution is -2.38. The lowest BCUT2D eigenvalue weighted by Gasteiger charge is -2.19. The lowest BCUT2D eigenvalue weighted by molar-refractivity contribution is -0.116. The molecular formula is C18H21N3O4. The molecule has 0 atom stereocenters. The van der Waals surface area contributed by atoms with Crippen molar-refractivity contribution in [2.45, 2.75) is 25.7 Å². The predicted octanol–water partition coefficient (Wildman–Crippen LogP) is 2.66. The van der Waals surface area contributed by atoms with Crippen LogP contribution < -0.4 is 10.1 Å². The molecule has 1 fully saturated rings. The molecule has 3 rings (SSSR count). The topological polar surface area (TPSA) is 84.7 Å². The van der Waals surface area contributed by atoms with E-state index in [9.17, 15) is 9.59 Å². The van der Waals surface area contributed by atoms with Gasteiger partial charge in [0, 0.05) is 30.3 Å². The van der Waals surface area contributed by atoms with Crippen molar-refractivity contribution in [2.75, 3.05) is 25.5 Å². The van der Waals surface area contributed by atoms with Crippen molar-refractivity contribution in [2.24, 2.45) is 0 Å². The summed E-state index contributed by atoms with van der Waals surface area (Å²) in [5.41, 5.74) is 0.864. The fraction of sp³-hybridized carbons (Fsp3) is 0.389. The molecule has 1 heterocycles. The van der Waals surface area contributed by atoms with Crippen molar-refractivity contribution in [1.29, 1.82) is 0 Å². The Morgan fingerprint density at radius 3 is 2.84 bits per heavy atom. The van der Waals surface area contributed by atoms with Crippen molar-refractivity contribution in [3.05, 3.63) is 41.8 Å². The average Bonchev–Trinajstić information content (AvgIpc) is 3.36. The van der Waals surface area contributed by atoms with Gasteiger partial charge >= 0.3 is 0 Å². The van der Waals surface area contributed by atoms with Gasteiger partial charge in [-0.05, 0) is 31.9 Å². The Morgan fingerprint density at radius 1 is 1.36 bits per heavy atom. The number of hydrogen-bond donors (Lipinski definition) is 1. The van der Waals surface area contributed by atoms with Crippen molar-refractivity contribution in [1.82, 2.24) is 10.1 Å². The fourth-order valence-corrected chi connectivity index (χ4v) is 2.51. The summed E-state index contributed by atoms with van der Waals surface area (Å²) in [6.07, 6.45) is 2.15. The molecule has 1 aliphatic rings. The van der Waals surface area contributed by atoms with Gasteiger partial charge in [-0.15, -0.1) is 0 Å². The second-order valence-electron chi connectivity index (χ2n) is 5.99. The highest BCUT2D eigenvalue weighted by atomic mass is 16.5. The molecule has 1 aliphatic carbocycles. The van der Waals surface area contributed by atoms with E-state index in [1.807, 2.05) is 6.92 Å². The zero-order valence-corrected chi connectivity index (χ0v) is 14.3. The minimum absolute atomic E-state index is 0.0574. The maximum atomic E-state index is 12.5. The second kappa shape index (κ2) is 7.38. The molecule has 1 aromatic carbocycles. The second-order valence-corrected chi connectivity index (χ2v) is 5.99. The average molecular weight is 343 g/mol. The zero-order chi connectivity index (χ0) is 17.8. The highest BCUT2D eigenvalue weighted by molar-refractivity contribution is 5.98. The van der Waals surface area contributed by atoms with Gasteiger partial charge in [0.25, 0.3) is 5.91 Å². The Kier molecular flexibility index (Phi) is 5.02. The third-order valence-electron chi connectivity index (χ3n) is 4.08. The number of aromatic nitrogens is 1. The van der Waals surface area contributed by atoms with Gasteiger partial charge in [-0.2, -0.15) is 0 Å². The molecule has 0 spiro atoms. The summed E-state index contributed by atoms with van der Waals surface area (Å²) in [6, 6.07) is 8.74. The van der Waals surface area contributed by atoms with Gasteiger partial charge in [0.05, 0.1) is 7.11 Å². The van der Waals surface area contributed by atoms with Gasteiger partial charge < -0.3 is 19.5 Å². The van der Waals surface area contributed by atoms with Crippen LogP contribution in [0.4, 0.5) is 5.69 Å². The van der Waals surface area contributed by atoms with Gasteiger partial charge in [-0.1, -0.05) is 11.2 Å². The van der Waals surface area contributed by atoms with Gasteiger partial charge in [-0.25, -0.2) is 0 Å². The van der Waals surface area contributed by atoms with E-state index in [1.165, 1.54) is 4.90 Å². The molecule has 132 valence electrons. The molecule has 0 aliphatic heterocycles. The number of rotatable bonds is 7. The first kappa shape index (κ1) is 17.0. The molecule has 1 N–H and O–H groups in total. The third kappa shape index (κ3) is 4.17. The van der Waals surface area contributed by atoms with Crippen molar-refractivity contribution in [3.8, 4) is 5.75 Å². The molecule has 0 radical (unpaired) electrons. The third-order valence-corrected chi connectivity index (χ3v) is 4.08. The summed E-state index contributed by atoms with van der Waals surface area (Å²) in [7, 11) is 1.56. The highest BCUT2D eigenvalue weighted by Gasteiger charge is 2.30. The lowest BCUT2D eigenvalue weighted by atomic mass is 10.2. The molecule has 1 saturated carbocycles. The van der Waals surface area contributed by atoms with E-state index in [2.05, 4.69) is 10.5 Å². The molecule has 0 saturated heterocycles. The maximum absolute atomic E-state index is 12.5. The van der Waals surface area contributed by atoms with E-state index in [0.29, 0.717) is 23.9 Å². The quantitative estimate of drug-likeness (QED) is 0.835. The molecule has 25 heavy (non-hydrogen) atoms. The summed E-state index contributed by atoms with van der Waals surface area (Å²) in [6.45, 7) is 2.16. The Bertz CT molecular complexity index is 767. The van der Waals surface area contributed by atoms with Crippen LogP contribution in [0.1, 0.15) is 41.9 Å². The molecule has 1 aromatic heterocycles. The number of nitrogens with one attached hydrogen (secondary N) is 1. The van der Waals surface area contributed by atoms with Crippen LogP contribution in [0.5, 0.6) is 5.75 Å². The summed E-state index contributed by atoms with van der Waals surface area (Å²) in [5, 5.41) is 6.61. The number of benzene rings is 1. The van der Waals surface area contributed by atoms with E-state index >= 15 is 0 Å². The van der Waals surface area contributed by atoms with E-state index < -0.39 is 0 Å². The number of carbonyl (C=O) groups is 2. The van der Waals surface area contributed by atoms with Gasteiger partial charge in [0.2, 0.25) is 5.91 Å². The first-order chi connectivity index (χ1) is 12.1. The Labute approximate surface area is 145 Å². The van der Waals surface area contributed by atoms with E-state index in [4.69, 9.17) is 9.26 Å². The Morgan fingerprint density at radius 2 is 2.16 bits per heavy atom. The molecule has 7 heteroatoms. The number of amides is 2. The monoisotopic (exact) mass is 343 g/mol. The largest absolute Gasteiger partial charge is 0.497 e. The van der Waals surface area contributed by atoms with Crippen LogP contribution in [0.3, 0.4) is 0 Å². The normalized spacial score (nSPS) is 13.4. The molecule has 0 bridgehead atoms. The molecular weight excluding hydrogens is 322 g/mol. The molecule has 2 amide bonds. The van der Waals surface area contributed by atoms with Crippen LogP contribution in [0.2, 0.25) is 0 Å². The van der Waals surface area contributed by atoms with E-state index in [0.717, 1.165) is 18.6 Å². The molecule has 2 aromatic rings. The van der Waals surface area contributed by atoms with Crippen molar-refractivity contribution >= 4 is 17.5 Å². The van der Waals surface area contributed by atoms with Crippen LogP contribution in [-0.4, -0.2) is 42.1 Å². The number of hydrogen-bond acceptors (Lipinski definition) is 5. The van der Waals surface area contributed by atoms with Gasteiger partial charge in [0.15, 0.2) is 5.69 Å². The van der Waals surface area contributed by atoms with Crippen LogP contribution in [0.15, 0.2) is 34.9 Å². The van der Waals surface area contributed by atoms with Gasteiger partial charge in [0.1, 0.15) is 18.1 Å². The summed E-state index contributed by atoms with van der Waals surface area (Å²) in [4.78, 5) is 26.2. The number of nitrogens with zero attached hydrogens (tertiary/aromatic N) is 2. The Hall–Kier alpha value is -2.83. The highest BCUT2D eigenvalue weighted by Crippen LogP contribution is 2.40. The summed E-state index contributed by atoms with van der Waals surface area (Å²) in [5.74, 6) is 1.20. The fourth-order valence-electron chi connectivity index (χ4n) is 2.51. The molecule has 7 nitrogen and oxygen atoms in total. The standard InChI is InChI=1S/C18H21N3O4/c1-3-21(18(23)15-10-16(25-20-15)12-7-8-12)11-17(22)19-13-5-4-6-14(9-13)24-2/h4-6,9-10,12H,3,7-8,11H2,1-2H3,(H,19,22). The van der Waals surface area contributed by atoms with Gasteiger partial charge in [-0.3, -0.25) is 9.59 Å². The predicted molar refractivity (Wildman–Crippen MR) is 91.7 cm³/mol. The van der Waals surface area contributed by atoms with Crippen molar-refractivity contribution < 1.29 is 18.8 Å². The summed E-state index contributed by atoms with van der Waals surface area (Å²) < 4.78 is 10.3. The first-order valence-corrected chi connectivity index (χ1v) is 8.30. The van der Waals surface area contributed by atoms with E-state index in [-0.39, 0.29) is 24.1 Å². The van der Waals surface area contributed by atoms with E-state index in [1.54, 1.807) is 37.4 Å². The number of methoxy groups -OCH3 is 1. The number of ether oxygens (including phenoxy) is 1. The number of anilines is 1. The van der Waals surface area contributed by atoms with Crippen LogP contribution in [-0.2, 0) is 4.79 Å². The Balaban J connectivity index is 1.61. The summed E-state index contributed by atoms with van der Waals surface area (Å²) >= 11 is 0. The van der Waals surface area contributed by atoms with Crippen molar-refractivity contribution in [3.63, 3.8) is 0 Å². The SMILES string of the molecule is CCN(CC(=O)Nc1cccc(OC)c1)C(=O)c1cc(C2CC2)on1. The first-order valence-electron chi connectivity index (χ1n) is 8.30. The number of carbonyl (C=O) groups excluding carboxylic acids is 2. The maximum Gasteiger partial charge on any atom is 0.276 e. The minimum Gasteiger partial charge on any atom is -0.497 e. The van der Waals surface area contributed by atoms with Crippen LogP contribution in [0, 0.1) is 0 Å². The smallest absolute Gasteiger partial charge is 0.276 e. The zero-order valence-electron chi connectivity index (χ0n) is 14.3. The minimum atomic E-state index is -0.307. The molecule has 0 unspecified atom stereocenters. The van der Waals surface area contributed by atoms with Crippen LogP contribution >= 0.6 is 0 Å². The number of likely N-dealkylation sites (N-methyl/N-ethyl adjacent to an activating group) is 1. The van der Waals surface area contributed by atoms with Crippen LogP contribution in [0.25, 0.3) is 0 Å².